The SMILES string of the molecule is C(=C\c1ccccc1)/CN1CCC(CN2CCc3ccccc3C2)CC1. The van der Waals surface area contributed by atoms with E-state index in [9.17, 15) is 0 Å². The molecule has 2 aliphatic heterocycles. The van der Waals surface area contributed by atoms with E-state index in [4.69, 9.17) is 0 Å². The zero-order valence-electron chi connectivity index (χ0n) is 15.7. The van der Waals surface area contributed by atoms with E-state index in [-0.39, 0.29) is 0 Å². The Labute approximate surface area is 158 Å². The van der Waals surface area contributed by atoms with Crippen LogP contribution in [0.5, 0.6) is 0 Å². The fourth-order valence-electron chi connectivity index (χ4n) is 4.33. The van der Waals surface area contributed by atoms with E-state index in [0.29, 0.717) is 0 Å². The molecule has 0 saturated carbocycles. The molecule has 2 heteroatoms. The predicted octanol–water partition coefficient (Wildman–Crippen LogP) is 4.47. The number of hydrogen-bond acceptors (Lipinski definition) is 2. The van der Waals surface area contributed by atoms with Crippen molar-refractivity contribution in [2.45, 2.75) is 25.8 Å². The van der Waals surface area contributed by atoms with Gasteiger partial charge in [0.25, 0.3) is 0 Å². The summed E-state index contributed by atoms with van der Waals surface area (Å²) in [6, 6.07) is 19.6. The molecular weight excluding hydrogens is 316 g/mol. The molecule has 2 nitrogen and oxygen atoms in total. The van der Waals surface area contributed by atoms with Crippen molar-refractivity contribution in [3.05, 3.63) is 77.4 Å². The van der Waals surface area contributed by atoms with Gasteiger partial charge in [-0.3, -0.25) is 9.80 Å². The van der Waals surface area contributed by atoms with Crippen molar-refractivity contribution in [3.63, 3.8) is 0 Å². The molecule has 4 rings (SSSR count). The standard InChI is InChI=1S/C24H30N2/c1-2-7-21(8-3-1)9-6-15-25-16-12-22(13-17-25)19-26-18-14-23-10-4-5-11-24(23)20-26/h1-11,22H,12-20H2/b9-6+. The average Bonchev–Trinajstić information content (AvgIpc) is 2.70. The molecule has 2 heterocycles. The van der Waals surface area contributed by atoms with Crippen LogP contribution in [-0.4, -0.2) is 42.5 Å². The first-order chi connectivity index (χ1) is 12.9. The van der Waals surface area contributed by atoms with Crippen LogP contribution in [0, 0.1) is 5.92 Å². The smallest absolute Gasteiger partial charge is 0.0236 e. The molecule has 0 aromatic heterocycles. The van der Waals surface area contributed by atoms with Gasteiger partial charge in [0.15, 0.2) is 0 Å². The highest BCUT2D eigenvalue weighted by Crippen LogP contribution is 2.23. The van der Waals surface area contributed by atoms with E-state index >= 15 is 0 Å². The molecule has 0 unspecified atom stereocenters. The summed E-state index contributed by atoms with van der Waals surface area (Å²) in [5.41, 5.74) is 4.40. The molecule has 0 amide bonds. The number of benzene rings is 2. The average molecular weight is 347 g/mol. The lowest BCUT2D eigenvalue weighted by molar-refractivity contribution is 0.144. The maximum absolute atomic E-state index is 2.68. The van der Waals surface area contributed by atoms with Gasteiger partial charge < -0.3 is 0 Å². The van der Waals surface area contributed by atoms with E-state index in [1.807, 2.05) is 0 Å². The van der Waals surface area contributed by atoms with Crippen LogP contribution < -0.4 is 0 Å². The zero-order valence-corrected chi connectivity index (χ0v) is 15.7. The lowest BCUT2D eigenvalue weighted by Crippen LogP contribution is -2.40. The second kappa shape index (κ2) is 8.66. The number of nitrogens with zero attached hydrogens (tertiary/aromatic N) is 2. The lowest BCUT2D eigenvalue weighted by Gasteiger charge is -2.36. The zero-order chi connectivity index (χ0) is 17.6. The molecule has 136 valence electrons. The molecule has 26 heavy (non-hydrogen) atoms. The van der Waals surface area contributed by atoms with E-state index in [1.165, 1.54) is 51.0 Å². The Morgan fingerprint density at radius 1 is 0.808 bits per heavy atom. The van der Waals surface area contributed by atoms with Gasteiger partial charge in [-0.25, -0.2) is 0 Å². The van der Waals surface area contributed by atoms with Gasteiger partial charge in [0, 0.05) is 26.2 Å². The highest BCUT2D eigenvalue weighted by atomic mass is 15.1. The Balaban J connectivity index is 1.20. The topological polar surface area (TPSA) is 6.48 Å². The van der Waals surface area contributed by atoms with Crippen LogP contribution in [0.3, 0.4) is 0 Å². The number of fused-ring (bicyclic) bond motifs is 1. The molecule has 0 atom stereocenters. The van der Waals surface area contributed by atoms with E-state index in [1.54, 1.807) is 11.1 Å². The largest absolute Gasteiger partial charge is 0.300 e. The van der Waals surface area contributed by atoms with Gasteiger partial charge in [-0.15, -0.1) is 0 Å². The van der Waals surface area contributed by atoms with Crippen LogP contribution >= 0.6 is 0 Å². The summed E-state index contributed by atoms with van der Waals surface area (Å²) in [7, 11) is 0. The minimum atomic E-state index is 0.870. The highest BCUT2D eigenvalue weighted by molar-refractivity contribution is 5.48. The first kappa shape index (κ1) is 17.5. The maximum atomic E-state index is 2.68. The minimum Gasteiger partial charge on any atom is -0.300 e. The Bertz CT molecular complexity index is 714. The Kier molecular flexibility index (Phi) is 5.83. The molecule has 2 aromatic rings. The second-order valence-electron chi connectivity index (χ2n) is 7.81. The molecule has 0 bridgehead atoms. The molecule has 1 fully saturated rings. The van der Waals surface area contributed by atoms with Crippen LogP contribution in [0.1, 0.15) is 29.5 Å². The molecule has 1 saturated heterocycles. The van der Waals surface area contributed by atoms with E-state index in [0.717, 1.165) is 19.0 Å². The van der Waals surface area contributed by atoms with Gasteiger partial charge in [-0.2, -0.15) is 0 Å². The van der Waals surface area contributed by atoms with Crippen molar-refractivity contribution in [1.29, 1.82) is 0 Å². The Morgan fingerprint density at radius 3 is 2.35 bits per heavy atom. The summed E-state index contributed by atoms with van der Waals surface area (Å²) < 4.78 is 0. The van der Waals surface area contributed by atoms with E-state index < -0.39 is 0 Å². The molecule has 0 N–H and O–H groups in total. The monoisotopic (exact) mass is 346 g/mol. The second-order valence-corrected chi connectivity index (χ2v) is 7.81. The highest BCUT2D eigenvalue weighted by Gasteiger charge is 2.23. The molecular formula is C24H30N2. The lowest BCUT2D eigenvalue weighted by atomic mass is 9.94. The summed E-state index contributed by atoms with van der Waals surface area (Å²) in [5, 5.41) is 0. The molecule has 0 spiro atoms. The van der Waals surface area contributed by atoms with Gasteiger partial charge in [0.1, 0.15) is 0 Å². The van der Waals surface area contributed by atoms with Crippen molar-refractivity contribution < 1.29 is 0 Å². The number of likely N-dealkylation sites (tertiary alicyclic amines) is 1. The third-order valence-electron chi connectivity index (χ3n) is 5.91. The molecule has 0 aliphatic carbocycles. The Hall–Kier alpha value is -1.90. The van der Waals surface area contributed by atoms with Crippen LogP contribution in [0.4, 0.5) is 0 Å². The van der Waals surface area contributed by atoms with Gasteiger partial charge in [0.2, 0.25) is 0 Å². The third kappa shape index (κ3) is 4.63. The summed E-state index contributed by atoms with van der Waals surface area (Å²) in [5.74, 6) is 0.870. The summed E-state index contributed by atoms with van der Waals surface area (Å²) in [6.07, 6.45) is 8.47. The third-order valence-corrected chi connectivity index (χ3v) is 5.91. The minimum absolute atomic E-state index is 0.870. The van der Waals surface area contributed by atoms with Crippen molar-refractivity contribution >= 4 is 6.08 Å². The van der Waals surface area contributed by atoms with Gasteiger partial charge in [-0.1, -0.05) is 66.7 Å². The summed E-state index contributed by atoms with van der Waals surface area (Å²) >= 11 is 0. The van der Waals surface area contributed by atoms with E-state index in [2.05, 4.69) is 76.5 Å². The van der Waals surface area contributed by atoms with Crippen molar-refractivity contribution in [1.82, 2.24) is 9.80 Å². The van der Waals surface area contributed by atoms with Crippen LogP contribution in [0.2, 0.25) is 0 Å². The maximum Gasteiger partial charge on any atom is 0.0236 e. The molecule has 2 aromatic carbocycles. The predicted molar refractivity (Wildman–Crippen MR) is 110 cm³/mol. The van der Waals surface area contributed by atoms with Crippen molar-refractivity contribution in [3.8, 4) is 0 Å². The van der Waals surface area contributed by atoms with Crippen molar-refractivity contribution in [2.75, 3.05) is 32.7 Å². The van der Waals surface area contributed by atoms with Crippen molar-refractivity contribution in [2.24, 2.45) is 5.92 Å². The molecule has 0 radical (unpaired) electrons. The fourth-order valence-corrected chi connectivity index (χ4v) is 4.33. The molecule has 2 aliphatic rings. The normalized spacial score (nSPS) is 19.7. The number of rotatable bonds is 5. The quantitative estimate of drug-likeness (QED) is 0.788. The number of hydrogen-bond donors (Lipinski definition) is 0. The van der Waals surface area contributed by atoms with Crippen LogP contribution in [0.15, 0.2) is 60.7 Å². The first-order valence-corrected chi connectivity index (χ1v) is 10.1. The Morgan fingerprint density at radius 2 is 1.54 bits per heavy atom. The summed E-state index contributed by atoms with van der Waals surface area (Å²) in [6.45, 7) is 7.23. The van der Waals surface area contributed by atoms with Gasteiger partial charge >= 0.3 is 0 Å². The van der Waals surface area contributed by atoms with Gasteiger partial charge in [-0.05, 0) is 55.0 Å². The fraction of sp³-hybridized carbons (Fsp3) is 0.417. The van der Waals surface area contributed by atoms with Crippen LogP contribution in [-0.2, 0) is 13.0 Å². The number of piperidine rings is 1. The summed E-state index contributed by atoms with van der Waals surface area (Å²) in [4.78, 5) is 5.28. The van der Waals surface area contributed by atoms with Crippen LogP contribution in [0.25, 0.3) is 6.08 Å². The van der Waals surface area contributed by atoms with Gasteiger partial charge in [0.05, 0.1) is 0 Å². The first-order valence-electron chi connectivity index (χ1n) is 10.1.